The molecule has 3 aromatic heterocycles. The highest BCUT2D eigenvalue weighted by molar-refractivity contribution is 6.35. The van der Waals surface area contributed by atoms with Crippen LogP contribution in [-0.2, 0) is 17.9 Å². The molecule has 0 saturated heterocycles. The zero-order valence-electron chi connectivity index (χ0n) is 18.0. The Hall–Kier alpha value is -3.59. The van der Waals surface area contributed by atoms with Gasteiger partial charge in [-0.15, -0.1) is 0 Å². The third-order valence-electron chi connectivity index (χ3n) is 5.36. The first kappa shape index (κ1) is 21.6. The fourth-order valence-electron chi connectivity index (χ4n) is 3.81. The van der Waals surface area contributed by atoms with Crippen molar-refractivity contribution in [2.75, 3.05) is 37.5 Å². The molecule has 0 aliphatic heterocycles. The van der Waals surface area contributed by atoms with Crippen LogP contribution >= 0.6 is 11.6 Å². The molecule has 0 radical (unpaired) electrons. The molecular formula is C22H23ClN6O3. The molecule has 0 unspecified atom stereocenters. The van der Waals surface area contributed by atoms with Crippen molar-refractivity contribution in [3.63, 3.8) is 0 Å². The van der Waals surface area contributed by atoms with Crippen molar-refractivity contribution in [2.24, 2.45) is 0 Å². The number of aromatic nitrogens is 4. The maximum atomic E-state index is 13.3. The van der Waals surface area contributed by atoms with Gasteiger partial charge in [0.05, 0.1) is 27.9 Å². The van der Waals surface area contributed by atoms with Gasteiger partial charge in [0.25, 0.3) is 0 Å². The van der Waals surface area contributed by atoms with Crippen molar-refractivity contribution in [2.45, 2.75) is 13.1 Å². The zero-order valence-corrected chi connectivity index (χ0v) is 18.7. The lowest BCUT2D eigenvalue weighted by molar-refractivity contribution is -0.137. The van der Waals surface area contributed by atoms with Gasteiger partial charge in [-0.05, 0) is 24.3 Å². The van der Waals surface area contributed by atoms with Crippen LogP contribution in [0.1, 0.15) is 0 Å². The van der Waals surface area contributed by atoms with Crippen LogP contribution in [0.25, 0.3) is 21.9 Å². The third-order valence-corrected chi connectivity index (χ3v) is 5.67. The van der Waals surface area contributed by atoms with E-state index in [4.69, 9.17) is 16.6 Å². The molecule has 0 aliphatic rings. The number of hydrogen-bond acceptors (Lipinski definition) is 6. The average Bonchev–Trinajstić information content (AvgIpc) is 3.27. The van der Waals surface area contributed by atoms with E-state index in [9.17, 15) is 14.7 Å². The Morgan fingerprint density at radius 2 is 1.91 bits per heavy atom. The number of pyridine rings is 2. The molecule has 0 fully saturated rings. The van der Waals surface area contributed by atoms with Gasteiger partial charge in [0.1, 0.15) is 18.0 Å². The summed E-state index contributed by atoms with van der Waals surface area (Å²) in [5, 5.41) is 10.8. The van der Waals surface area contributed by atoms with Gasteiger partial charge in [0.2, 0.25) is 0 Å². The van der Waals surface area contributed by atoms with Crippen LogP contribution in [0, 0.1) is 0 Å². The maximum Gasteiger partial charge on any atom is 0.323 e. The first-order valence-corrected chi connectivity index (χ1v) is 10.4. The van der Waals surface area contributed by atoms with Crippen LogP contribution < -0.4 is 15.2 Å². The molecule has 3 heterocycles. The molecule has 10 heteroatoms. The lowest BCUT2D eigenvalue weighted by Gasteiger charge is -2.23. The SMILES string of the molecule is CN(C)c1c(Cl)ccc2c(=O)c3ccc(N(C)CCn4ccnc4)nc3n(CC(=O)O)c12. The van der Waals surface area contributed by atoms with Crippen molar-refractivity contribution < 1.29 is 9.90 Å². The highest BCUT2D eigenvalue weighted by Crippen LogP contribution is 2.34. The first-order valence-electron chi connectivity index (χ1n) is 9.99. The molecule has 166 valence electrons. The fourth-order valence-corrected chi connectivity index (χ4v) is 4.13. The van der Waals surface area contributed by atoms with Gasteiger partial charge >= 0.3 is 5.97 Å². The number of rotatable bonds is 7. The number of carbonyl (C=O) groups is 1. The lowest BCUT2D eigenvalue weighted by atomic mass is 10.1. The molecule has 0 spiro atoms. The minimum Gasteiger partial charge on any atom is -0.480 e. The summed E-state index contributed by atoms with van der Waals surface area (Å²) in [6.45, 7) is 1.00. The van der Waals surface area contributed by atoms with Crippen LogP contribution in [-0.4, -0.2) is 57.9 Å². The summed E-state index contributed by atoms with van der Waals surface area (Å²) < 4.78 is 3.51. The van der Waals surface area contributed by atoms with Gasteiger partial charge in [-0.25, -0.2) is 9.97 Å². The molecule has 4 rings (SSSR count). The number of halogens is 1. The number of likely N-dealkylation sites (N-methyl/N-ethyl adjacent to an activating group) is 1. The Balaban J connectivity index is 1.94. The molecule has 0 bridgehead atoms. The fraction of sp³-hybridized carbons (Fsp3) is 0.273. The van der Waals surface area contributed by atoms with Crippen LogP contribution in [0.5, 0.6) is 0 Å². The molecule has 0 amide bonds. The number of anilines is 2. The van der Waals surface area contributed by atoms with E-state index in [2.05, 4.69) is 4.98 Å². The van der Waals surface area contributed by atoms with E-state index in [0.29, 0.717) is 51.6 Å². The summed E-state index contributed by atoms with van der Waals surface area (Å²) in [6.07, 6.45) is 5.34. The number of carboxylic acids is 1. The van der Waals surface area contributed by atoms with E-state index in [-0.39, 0.29) is 12.0 Å². The summed E-state index contributed by atoms with van der Waals surface area (Å²) >= 11 is 6.44. The highest BCUT2D eigenvalue weighted by atomic mass is 35.5. The van der Waals surface area contributed by atoms with Crippen molar-refractivity contribution in [3.8, 4) is 0 Å². The molecule has 0 aliphatic carbocycles. The number of aliphatic carboxylic acids is 1. The molecule has 4 aromatic rings. The molecule has 0 atom stereocenters. The summed E-state index contributed by atoms with van der Waals surface area (Å²) in [7, 11) is 5.50. The smallest absolute Gasteiger partial charge is 0.323 e. The number of carboxylic acid groups (broad SMARTS) is 1. The van der Waals surface area contributed by atoms with E-state index in [1.165, 1.54) is 0 Å². The van der Waals surface area contributed by atoms with Crippen LogP contribution in [0.4, 0.5) is 11.5 Å². The normalized spacial score (nSPS) is 11.2. The third kappa shape index (κ3) is 3.87. The van der Waals surface area contributed by atoms with E-state index in [1.54, 1.807) is 60.4 Å². The first-order chi connectivity index (χ1) is 15.3. The molecule has 1 N–H and O–H groups in total. The standard InChI is InChI=1S/C22H23ClN6O3/c1-26(2)20-16(23)6-4-14-19(20)29(12-18(30)31)22-15(21(14)32)5-7-17(25-22)27(3)10-11-28-9-8-24-13-28/h4-9,13H,10-12H2,1-3H3,(H,30,31). The van der Waals surface area contributed by atoms with Gasteiger partial charge in [-0.3, -0.25) is 9.59 Å². The van der Waals surface area contributed by atoms with Crippen molar-refractivity contribution >= 4 is 51.0 Å². The highest BCUT2D eigenvalue weighted by Gasteiger charge is 2.20. The summed E-state index contributed by atoms with van der Waals surface area (Å²) in [6, 6.07) is 6.77. The van der Waals surface area contributed by atoms with Crippen LogP contribution in [0.2, 0.25) is 5.02 Å². The van der Waals surface area contributed by atoms with Gasteiger partial charge < -0.3 is 24.0 Å². The van der Waals surface area contributed by atoms with Gasteiger partial charge in [0.15, 0.2) is 5.43 Å². The molecule has 32 heavy (non-hydrogen) atoms. The topological polar surface area (TPSA) is 96.5 Å². The van der Waals surface area contributed by atoms with Gasteiger partial charge in [0, 0.05) is 52.0 Å². The van der Waals surface area contributed by atoms with E-state index in [0.717, 1.165) is 0 Å². The molecular weight excluding hydrogens is 432 g/mol. The zero-order chi connectivity index (χ0) is 23.0. The average molecular weight is 455 g/mol. The Morgan fingerprint density at radius 3 is 2.56 bits per heavy atom. The van der Waals surface area contributed by atoms with E-state index < -0.39 is 5.97 Å². The monoisotopic (exact) mass is 454 g/mol. The van der Waals surface area contributed by atoms with E-state index in [1.807, 2.05) is 22.7 Å². The predicted molar refractivity (Wildman–Crippen MR) is 126 cm³/mol. The summed E-state index contributed by atoms with van der Waals surface area (Å²) in [5.74, 6) is -0.412. The number of benzene rings is 1. The number of hydrogen-bond donors (Lipinski definition) is 1. The number of fused-ring (bicyclic) bond motifs is 2. The van der Waals surface area contributed by atoms with Gasteiger partial charge in [-0.1, -0.05) is 11.6 Å². The summed E-state index contributed by atoms with van der Waals surface area (Å²) in [5.41, 5.74) is 1.12. The van der Waals surface area contributed by atoms with Crippen LogP contribution in [0.15, 0.2) is 47.8 Å². The maximum absolute atomic E-state index is 13.3. The van der Waals surface area contributed by atoms with Crippen LogP contribution in [0.3, 0.4) is 0 Å². The Kier molecular flexibility index (Phi) is 5.75. The lowest BCUT2D eigenvalue weighted by Crippen LogP contribution is -2.24. The van der Waals surface area contributed by atoms with Crippen molar-refractivity contribution in [3.05, 3.63) is 58.2 Å². The number of imidazole rings is 1. The second kappa shape index (κ2) is 8.51. The second-order valence-corrected chi connectivity index (χ2v) is 8.17. The molecule has 1 aromatic carbocycles. The minimum atomic E-state index is -1.04. The quantitative estimate of drug-likeness (QED) is 0.429. The Morgan fingerprint density at radius 1 is 1.16 bits per heavy atom. The van der Waals surface area contributed by atoms with Crippen molar-refractivity contribution in [1.29, 1.82) is 0 Å². The predicted octanol–water partition coefficient (Wildman–Crippen LogP) is 2.69. The Labute approximate surface area is 189 Å². The second-order valence-electron chi connectivity index (χ2n) is 7.76. The molecule has 9 nitrogen and oxygen atoms in total. The van der Waals surface area contributed by atoms with Gasteiger partial charge in [-0.2, -0.15) is 0 Å². The number of nitrogens with zero attached hydrogens (tertiary/aromatic N) is 6. The van der Waals surface area contributed by atoms with E-state index >= 15 is 0 Å². The molecule has 0 saturated carbocycles. The Bertz CT molecular complexity index is 1360. The largest absolute Gasteiger partial charge is 0.480 e. The minimum absolute atomic E-state index is 0.212. The summed E-state index contributed by atoms with van der Waals surface area (Å²) in [4.78, 5) is 37.5. The van der Waals surface area contributed by atoms with Crippen molar-refractivity contribution in [1.82, 2.24) is 19.1 Å².